The SMILES string of the molecule is CCc1ccc(CC(C)C=O)cc1CC(=O)O. The molecule has 0 aliphatic rings. The number of benzene rings is 1. The normalized spacial score (nSPS) is 12.1. The molecule has 0 saturated carbocycles. The maximum Gasteiger partial charge on any atom is 0.307 e. The number of aldehydes is 1. The summed E-state index contributed by atoms with van der Waals surface area (Å²) in [5.74, 6) is -0.847. The number of aliphatic carboxylic acids is 1. The molecule has 1 N–H and O–H groups in total. The average Bonchev–Trinajstić information content (AvgIpc) is 2.28. The Balaban J connectivity index is 2.95. The van der Waals surface area contributed by atoms with Crippen LogP contribution < -0.4 is 0 Å². The largest absolute Gasteiger partial charge is 0.481 e. The molecular formula is C14H18O3. The van der Waals surface area contributed by atoms with Crippen LogP contribution in [0.2, 0.25) is 0 Å². The first-order valence-corrected chi connectivity index (χ1v) is 5.84. The molecule has 1 aromatic rings. The summed E-state index contributed by atoms with van der Waals surface area (Å²) in [7, 11) is 0. The molecule has 0 amide bonds. The van der Waals surface area contributed by atoms with E-state index in [0.717, 1.165) is 29.4 Å². The van der Waals surface area contributed by atoms with E-state index in [0.29, 0.717) is 6.42 Å². The smallest absolute Gasteiger partial charge is 0.307 e. The monoisotopic (exact) mass is 234 g/mol. The van der Waals surface area contributed by atoms with Gasteiger partial charge < -0.3 is 9.90 Å². The van der Waals surface area contributed by atoms with E-state index in [9.17, 15) is 9.59 Å². The van der Waals surface area contributed by atoms with Crippen LogP contribution >= 0.6 is 0 Å². The molecule has 1 aromatic carbocycles. The summed E-state index contributed by atoms with van der Waals surface area (Å²) in [4.78, 5) is 21.4. The van der Waals surface area contributed by atoms with Gasteiger partial charge in [0, 0.05) is 5.92 Å². The van der Waals surface area contributed by atoms with Crippen LogP contribution in [0.25, 0.3) is 0 Å². The Bertz CT molecular complexity index is 410. The highest BCUT2D eigenvalue weighted by Crippen LogP contribution is 2.16. The van der Waals surface area contributed by atoms with Crippen molar-refractivity contribution in [3.05, 3.63) is 34.9 Å². The molecule has 1 rings (SSSR count). The van der Waals surface area contributed by atoms with Gasteiger partial charge in [0.15, 0.2) is 0 Å². The van der Waals surface area contributed by atoms with Gasteiger partial charge in [-0.1, -0.05) is 32.0 Å². The van der Waals surface area contributed by atoms with Crippen molar-refractivity contribution in [1.29, 1.82) is 0 Å². The van der Waals surface area contributed by atoms with Gasteiger partial charge in [0.1, 0.15) is 6.29 Å². The Labute approximate surface area is 101 Å². The molecule has 0 fully saturated rings. The topological polar surface area (TPSA) is 54.4 Å². The summed E-state index contributed by atoms with van der Waals surface area (Å²) < 4.78 is 0. The van der Waals surface area contributed by atoms with E-state index in [2.05, 4.69) is 0 Å². The zero-order valence-electron chi connectivity index (χ0n) is 10.3. The predicted molar refractivity (Wildman–Crippen MR) is 66.1 cm³/mol. The molecule has 3 heteroatoms. The number of rotatable bonds is 6. The quantitative estimate of drug-likeness (QED) is 0.768. The van der Waals surface area contributed by atoms with Crippen molar-refractivity contribution in [2.45, 2.75) is 33.1 Å². The maximum absolute atomic E-state index is 10.8. The van der Waals surface area contributed by atoms with Crippen LogP contribution in [0.1, 0.15) is 30.5 Å². The third kappa shape index (κ3) is 4.02. The van der Waals surface area contributed by atoms with Crippen molar-refractivity contribution in [2.75, 3.05) is 0 Å². The Morgan fingerprint density at radius 3 is 2.65 bits per heavy atom. The van der Waals surface area contributed by atoms with E-state index in [1.54, 1.807) is 0 Å². The van der Waals surface area contributed by atoms with E-state index in [1.807, 2.05) is 32.0 Å². The Kier molecular flexibility index (Phi) is 4.88. The number of carboxylic acids is 1. The molecular weight excluding hydrogens is 216 g/mol. The fourth-order valence-corrected chi connectivity index (χ4v) is 1.90. The number of carbonyl (C=O) groups is 2. The molecule has 3 nitrogen and oxygen atoms in total. The van der Waals surface area contributed by atoms with Crippen LogP contribution in [0, 0.1) is 5.92 Å². The Morgan fingerprint density at radius 2 is 2.12 bits per heavy atom. The lowest BCUT2D eigenvalue weighted by atomic mass is 9.95. The molecule has 0 saturated heterocycles. The van der Waals surface area contributed by atoms with Crippen LogP contribution in [-0.2, 0) is 28.9 Å². The lowest BCUT2D eigenvalue weighted by molar-refractivity contribution is -0.136. The molecule has 0 aromatic heterocycles. The molecule has 1 atom stereocenters. The van der Waals surface area contributed by atoms with Crippen LogP contribution in [0.4, 0.5) is 0 Å². The van der Waals surface area contributed by atoms with E-state index in [1.165, 1.54) is 0 Å². The molecule has 0 aliphatic heterocycles. The second-order valence-electron chi connectivity index (χ2n) is 4.34. The van der Waals surface area contributed by atoms with Gasteiger partial charge in [0.2, 0.25) is 0 Å². The lowest BCUT2D eigenvalue weighted by Gasteiger charge is -2.10. The summed E-state index contributed by atoms with van der Waals surface area (Å²) in [6.07, 6.45) is 2.46. The number of carboxylic acid groups (broad SMARTS) is 1. The zero-order valence-corrected chi connectivity index (χ0v) is 10.3. The Morgan fingerprint density at radius 1 is 1.41 bits per heavy atom. The van der Waals surface area contributed by atoms with Gasteiger partial charge in [-0.2, -0.15) is 0 Å². The molecule has 1 unspecified atom stereocenters. The van der Waals surface area contributed by atoms with Crippen molar-refractivity contribution in [3.63, 3.8) is 0 Å². The molecule has 92 valence electrons. The van der Waals surface area contributed by atoms with E-state index < -0.39 is 5.97 Å². The molecule has 0 spiro atoms. The molecule has 17 heavy (non-hydrogen) atoms. The first-order chi connectivity index (χ1) is 8.06. The predicted octanol–water partition coefficient (Wildman–Crippen LogP) is 2.25. The van der Waals surface area contributed by atoms with Crippen molar-refractivity contribution in [3.8, 4) is 0 Å². The van der Waals surface area contributed by atoms with E-state index in [-0.39, 0.29) is 12.3 Å². The van der Waals surface area contributed by atoms with Gasteiger partial charge in [-0.3, -0.25) is 4.79 Å². The van der Waals surface area contributed by atoms with E-state index in [4.69, 9.17) is 5.11 Å². The first-order valence-electron chi connectivity index (χ1n) is 5.84. The van der Waals surface area contributed by atoms with Crippen molar-refractivity contribution in [2.24, 2.45) is 5.92 Å². The van der Waals surface area contributed by atoms with Crippen molar-refractivity contribution < 1.29 is 14.7 Å². The standard InChI is InChI=1S/C14H18O3/c1-3-12-5-4-11(6-10(2)9-15)7-13(12)8-14(16)17/h4-5,7,9-10H,3,6,8H2,1-2H3,(H,16,17). The maximum atomic E-state index is 10.8. The van der Waals surface area contributed by atoms with Gasteiger partial charge in [0.25, 0.3) is 0 Å². The van der Waals surface area contributed by atoms with Gasteiger partial charge >= 0.3 is 5.97 Å². The van der Waals surface area contributed by atoms with Crippen LogP contribution in [0.15, 0.2) is 18.2 Å². The summed E-state index contributed by atoms with van der Waals surface area (Å²) in [6.45, 7) is 3.87. The highest BCUT2D eigenvalue weighted by Gasteiger charge is 2.08. The summed E-state index contributed by atoms with van der Waals surface area (Å²) in [5, 5.41) is 8.85. The molecule has 0 heterocycles. The number of aryl methyl sites for hydroxylation is 1. The van der Waals surface area contributed by atoms with Gasteiger partial charge in [-0.15, -0.1) is 0 Å². The van der Waals surface area contributed by atoms with Gasteiger partial charge in [-0.25, -0.2) is 0 Å². The fraction of sp³-hybridized carbons (Fsp3) is 0.429. The van der Waals surface area contributed by atoms with Gasteiger partial charge in [0.05, 0.1) is 6.42 Å². The summed E-state index contributed by atoms with van der Waals surface area (Å²) in [6, 6.07) is 5.85. The minimum atomic E-state index is -0.819. The summed E-state index contributed by atoms with van der Waals surface area (Å²) in [5.41, 5.74) is 2.95. The highest BCUT2D eigenvalue weighted by atomic mass is 16.4. The second kappa shape index (κ2) is 6.18. The number of hydrogen-bond donors (Lipinski definition) is 1. The minimum absolute atomic E-state index is 0.0276. The third-order valence-corrected chi connectivity index (χ3v) is 2.78. The minimum Gasteiger partial charge on any atom is -0.481 e. The lowest BCUT2D eigenvalue weighted by Crippen LogP contribution is -2.06. The number of carbonyl (C=O) groups excluding carboxylic acids is 1. The van der Waals surface area contributed by atoms with Crippen molar-refractivity contribution >= 4 is 12.3 Å². The molecule has 0 bridgehead atoms. The average molecular weight is 234 g/mol. The highest BCUT2D eigenvalue weighted by molar-refractivity contribution is 5.71. The van der Waals surface area contributed by atoms with Crippen LogP contribution in [0.3, 0.4) is 0 Å². The third-order valence-electron chi connectivity index (χ3n) is 2.78. The second-order valence-corrected chi connectivity index (χ2v) is 4.34. The summed E-state index contributed by atoms with van der Waals surface area (Å²) >= 11 is 0. The van der Waals surface area contributed by atoms with Crippen LogP contribution in [-0.4, -0.2) is 17.4 Å². The first kappa shape index (κ1) is 13.4. The zero-order chi connectivity index (χ0) is 12.8. The molecule has 0 aliphatic carbocycles. The number of hydrogen-bond acceptors (Lipinski definition) is 2. The molecule has 0 radical (unpaired) electrons. The Hall–Kier alpha value is -1.64. The fourth-order valence-electron chi connectivity index (χ4n) is 1.90. The van der Waals surface area contributed by atoms with Crippen LogP contribution in [0.5, 0.6) is 0 Å². The van der Waals surface area contributed by atoms with Gasteiger partial charge in [-0.05, 0) is 29.5 Å². The van der Waals surface area contributed by atoms with E-state index >= 15 is 0 Å². The van der Waals surface area contributed by atoms with Crippen molar-refractivity contribution in [1.82, 2.24) is 0 Å².